The van der Waals surface area contributed by atoms with Gasteiger partial charge in [-0.2, -0.15) is 5.26 Å². The molecule has 0 amide bonds. The smallest absolute Gasteiger partial charge is 0.0998 e. The number of nitrogens with zero attached hydrogens (tertiary/aromatic N) is 3. The standard InChI is InChI=1S/C49H33N3/c1-49(2)43-21-11-8-18-37(43)40-24-25-41-39-20-10-13-23-46(39)52(48(41)47(40)49)35-27-33(36-17-7-6-16-32(36)30-50)26-34(28-35)45-29-42(31-14-4-3-5-15-31)38-19-9-12-22-44(38)51-45/h3-29H,1-2H3. The molecular formula is C49H33N3. The summed E-state index contributed by atoms with van der Waals surface area (Å²) in [5, 5.41) is 13.8. The molecule has 0 fully saturated rings. The van der Waals surface area contributed by atoms with Gasteiger partial charge in [-0.15, -0.1) is 0 Å². The highest BCUT2D eigenvalue weighted by molar-refractivity contribution is 6.13. The summed E-state index contributed by atoms with van der Waals surface area (Å²) in [6.07, 6.45) is 0. The summed E-state index contributed by atoms with van der Waals surface area (Å²) in [6, 6.07) is 60.4. The normalized spacial score (nSPS) is 12.9. The minimum atomic E-state index is -0.212. The Kier molecular flexibility index (Phi) is 6.59. The molecule has 1 aliphatic carbocycles. The van der Waals surface area contributed by atoms with Crippen LogP contribution < -0.4 is 0 Å². The Labute approximate surface area is 302 Å². The summed E-state index contributed by atoms with van der Waals surface area (Å²) < 4.78 is 2.46. The lowest BCUT2D eigenvalue weighted by molar-refractivity contribution is 0.664. The highest BCUT2D eigenvalue weighted by Crippen LogP contribution is 2.53. The second-order valence-corrected chi connectivity index (χ2v) is 14.3. The van der Waals surface area contributed by atoms with E-state index in [4.69, 9.17) is 4.98 Å². The van der Waals surface area contributed by atoms with E-state index < -0.39 is 0 Å². The molecule has 3 heteroatoms. The molecular weight excluding hydrogens is 631 g/mol. The van der Waals surface area contributed by atoms with Crippen LogP contribution in [0.3, 0.4) is 0 Å². The van der Waals surface area contributed by atoms with E-state index in [0.717, 1.165) is 55.6 Å². The number of para-hydroxylation sites is 2. The maximum Gasteiger partial charge on any atom is 0.0998 e. The van der Waals surface area contributed by atoms with Crippen molar-refractivity contribution in [3.63, 3.8) is 0 Å². The van der Waals surface area contributed by atoms with Crippen molar-refractivity contribution in [2.24, 2.45) is 0 Å². The summed E-state index contributed by atoms with van der Waals surface area (Å²) in [4.78, 5) is 5.29. The Morgan fingerprint density at radius 3 is 2.08 bits per heavy atom. The van der Waals surface area contributed by atoms with Crippen LogP contribution in [-0.2, 0) is 5.41 Å². The quantitative estimate of drug-likeness (QED) is 0.188. The first-order chi connectivity index (χ1) is 25.5. The maximum atomic E-state index is 10.3. The predicted octanol–water partition coefficient (Wildman–Crippen LogP) is 12.5. The predicted molar refractivity (Wildman–Crippen MR) is 215 cm³/mol. The third-order valence-electron chi connectivity index (χ3n) is 11.0. The van der Waals surface area contributed by atoms with Crippen LogP contribution in [0.5, 0.6) is 0 Å². The van der Waals surface area contributed by atoms with Gasteiger partial charge in [-0.1, -0.05) is 135 Å². The SMILES string of the molecule is CC1(C)c2ccccc2-c2ccc3c4ccccc4n(-c4cc(-c5cc(-c6ccccc6)c6ccccc6n5)cc(-c5ccccc5C#N)c4)c3c21. The third-order valence-corrected chi connectivity index (χ3v) is 11.0. The van der Waals surface area contributed by atoms with Crippen LogP contribution in [0.15, 0.2) is 164 Å². The molecule has 0 unspecified atom stereocenters. The number of pyridine rings is 1. The second-order valence-electron chi connectivity index (χ2n) is 14.3. The van der Waals surface area contributed by atoms with Crippen LogP contribution in [0.2, 0.25) is 0 Å². The molecule has 0 atom stereocenters. The molecule has 9 aromatic rings. The molecule has 2 heterocycles. The van der Waals surface area contributed by atoms with Gasteiger partial charge in [0.2, 0.25) is 0 Å². The fraction of sp³-hybridized carbons (Fsp3) is 0.0612. The van der Waals surface area contributed by atoms with Gasteiger partial charge in [0, 0.05) is 32.8 Å². The van der Waals surface area contributed by atoms with Crippen LogP contribution in [-0.4, -0.2) is 9.55 Å². The molecule has 0 saturated carbocycles. The fourth-order valence-corrected chi connectivity index (χ4v) is 8.64. The van der Waals surface area contributed by atoms with E-state index in [0.29, 0.717) is 5.56 Å². The molecule has 0 saturated heterocycles. The molecule has 0 bridgehead atoms. The molecule has 2 aromatic heterocycles. The number of hydrogen-bond donors (Lipinski definition) is 0. The Morgan fingerprint density at radius 2 is 1.23 bits per heavy atom. The molecule has 52 heavy (non-hydrogen) atoms. The van der Waals surface area contributed by atoms with E-state index in [-0.39, 0.29) is 5.41 Å². The summed E-state index contributed by atoms with van der Waals surface area (Å²) in [7, 11) is 0. The monoisotopic (exact) mass is 663 g/mol. The fourth-order valence-electron chi connectivity index (χ4n) is 8.64. The number of aromatic nitrogens is 2. The summed E-state index contributed by atoms with van der Waals surface area (Å²) >= 11 is 0. The number of benzene rings is 7. The van der Waals surface area contributed by atoms with E-state index in [1.165, 1.54) is 38.5 Å². The van der Waals surface area contributed by atoms with Crippen molar-refractivity contribution in [1.29, 1.82) is 5.26 Å². The minimum absolute atomic E-state index is 0.212. The lowest BCUT2D eigenvalue weighted by Crippen LogP contribution is -2.16. The third kappa shape index (κ3) is 4.41. The lowest BCUT2D eigenvalue weighted by atomic mass is 9.81. The van der Waals surface area contributed by atoms with Gasteiger partial charge in [-0.3, -0.25) is 0 Å². The molecule has 3 nitrogen and oxygen atoms in total. The zero-order valence-electron chi connectivity index (χ0n) is 28.9. The van der Waals surface area contributed by atoms with Crippen molar-refractivity contribution < 1.29 is 0 Å². The zero-order valence-corrected chi connectivity index (χ0v) is 28.9. The van der Waals surface area contributed by atoms with Crippen molar-refractivity contribution in [1.82, 2.24) is 9.55 Å². The van der Waals surface area contributed by atoms with Crippen molar-refractivity contribution >= 4 is 32.7 Å². The first-order valence-corrected chi connectivity index (χ1v) is 17.8. The van der Waals surface area contributed by atoms with Crippen LogP contribution in [0.4, 0.5) is 0 Å². The van der Waals surface area contributed by atoms with Gasteiger partial charge in [0.15, 0.2) is 0 Å². The van der Waals surface area contributed by atoms with Crippen molar-refractivity contribution in [3.8, 4) is 56.4 Å². The van der Waals surface area contributed by atoms with Gasteiger partial charge in [-0.05, 0) is 87.0 Å². The highest BCUT2D eigenvalue weighted by atomic mass is 15.0. The van der Waals surface area contributed by atoms with Crippen LogP contribution in [0.1, 0.15) is 30.5 Å². The molecule has 1 aliphatic rings. The van der Waals surface area contributed by atoms with Gasteiger partial charge in [0.25, 0.3) is 0 Å². The highest BCUT2D eigenvalue weighted by Gasteiger charge is 2.38. The molecule has 10 rings (SSSR count). The molecule has 0 radical (unpaired) electrons. The van der Waals surface area contributed by atoms with Gasteiger partial charge < -0.3 is 4.57 Å². The van der Waals surface area contributed by atoms with Gasteiger partial charge in [0.05, 0.1) is 33.9 Å². The molecule has 0 spiro atoms. The first-order valence-electron chi connectivity index (χ1n) is 17.8. The van der Waals surface area contributed by atoms with E-state index in [1.54, 1.807) is 0 Å². The van der Waals surface area contributed by atoms with Crippen LogP contribution in [0, 0.1) is 11.3 Å². The molecule has 7 aromatic carbocycles. The molecule has 0 N–H and O–H groups in total. The topological polar surface area (TPSA) is 41.6 Å². The van der Waals surface area contributed by atoms with Crippen LogP contribution >= 0.6 is 0 Å². The van der Waals surface area contributed by atoms with Gasteiger partial charge >= 0.3 is 0 Å². The van der Waals surface area contributed by atoms with E-state index in [1.807, 2.05) is 24.3 Å². The van der Waals surface area contributed by atoms with Gasteiger partial charge in [-0.25, -0.2) is 4.98 Å². The summed E-state index contributed by atoms with van der Waals surface area (Å²) in [6.45, 7) is 4.71. The van der Waals surface area contributed by atoms with Crippen LogP contribution in [0.25, 0.3) is 83.0 Å². The average Bonchev–Trinajstić information content (AvgIpc) is 3.66. The Balaban J connectivity index is 1.32. The minimum Gasteiger partial charge on any atom is -0.309 e. The van der Waals surface area contributed by atoms with E-state index in [2.05, 4.69) is 164 Å². The Hall–Kier alpha value is -6.76. The maximum absolute atomic E-state index is 10.3. The number of nitriles is 1. The lowest BCUT2D eigenvalue weighted by Gasteiger charge is -2.24. The van der Waals surface area contributed by atoms with Crippen molar-refractivity contribution in [3.05, 3.63) is 180 Å². The number of hydrogen-bond acceptors (Lipinski definition) is 2. The summed E-state index contributed by atoms with van der Waals surface area (Å²) in [5.41, 5.74) is 16.1. The molecule has 0 aliphatic heterocycles. The van der Waals surface area contributed by atoms with E-state index in [9.17, 15) is 5.26 Å². The van der Waals surface area contributed by atoms with E-state index >= 15 is 0 Å². The largest absolute Gasteiger partial charge is 0.309 e. The Morgan fingerprint density at radius 1 is 0.538 bits per heavy atom. The van der Waals surface area contributed by atoms with Gasteiger partial charge in [0.1, 0.15) is 0 Å². The zero-order chi connectivity index (χ0) is 35.0. The average molecular weight is 664 g/mol. The number of rotatable bonds is 4. The van der Waals surface area contributed by atoms with Crippen molar-refractivity contribution in [2.45, 2.75) is 19.3 Å². The second kappa shape index (κ2) is 11.4. The Bertz CT molecular complexity index is 2940. The first kappa shape index (κ1) is 30.1. The summed E-state index contributed by atoms with van der Waals surface area (Å²) in [5.74, 6) is 0. The van der Waals surface area contributed by atoms with Crippen molar-refractivity contribution in [2.75, 3.05) is 0 Å². The number of fused-ring (bicyclic) bond motifs is 8. The molecule has 244 valence electrons.